The molecule has 5 heteroatoms. The smallest absolute Gasteiger partial charge is 0.323 e. The first-order valence-electron chi connectivity index (χ1n) is 5.82. The molecule has 3 nitrogen and oxygen atoms in total. The Labute approximate surface area is 117 Å². The standard InChI is InChI=1S/C13H17Cl2NO2/c1-3-7-13(2,12(17)18)16-8-9-5-4-6-10(14)11(9)15/h4-6,16H,3,7-8H2,1-2H3,(H,17,18). The lowest BCUT2D eigenvalue weighted by molar-refractivity contribution is -0.144. The molecule has 0 aliphatic heterocycles. The molecule has 2 N–H and O–H groups in total. The third-order valence-electron chi connectivity index (χ3n) is 2.92. The van der Waals surface area contributed by atoms with Gasteiger partial charge in [0.1, 0.15) is 5.54 Å². The molecule has 0 heterocycles. The summed E-state index contributed by atoms with van der Waals surface area (Å²) in [6, 6.07) is 5.33. The number of benzene rings is 1. The van der Waals surface area contributed by atoms with Gasteiger partial charge in [-0.2, -0.15) is 0 Å². The van der Waals surface area contributed by atoms with Crippen LogP contribution in [0.4, 0.5) is 0 Å². The average Bonchev–Trinajstić information content (AvgIpc) is 2.31. The van der Waals surface area contributed by atoms with E-state index in [0.717, 1.165) is 12.0 Å². The van der Waals surface area contributed by atoms with Gasteiger partial charge in [0.15, 0.2) is 0 Å². The van der Waals surface area contributed by atoms with Crippen molar-refractivity contribution in [2.24, 2.45) is 0 Å². The van der Waals surface area contributed by atoms with Crippen molar-refractivity contribution in [1.29, 1.82) is 0 Å². The first kappa shape index (κ1) is 15.3. The van der Waals surface area contributed by atoms with E-state index < -0.39 is 11.5 Å². The molecule has 0 fully saturated rings. The molecule has 0 amide bonds. The molecule has 0 bridgehead atoms. The highest BCUT2D eigenvalue weighted by Gasteiger charge is 2.31. The molecule has 1 unspecified atom stereocenters. The van der Waals surface area contributed by atoms with Gasteiger partial charge in [-0.05, 0) is 25.0 Å². The van der Waals surface area contributed by atoms with Gasteiger partial charge in [-0.3, -0.25) is 10.1 Å². The van der Waals surface area contributed by atoms with E-state index >= 15 is 0 Å². The first-order chi connectivity index (χ1) is 8.40. The van der Waals surface area contributed by atoms with Crippen molar-refractivity contribution in [1.82, 2.24) is 5.32 Å². The van der Waals surface area contributed by atoms with E-state index in [1.54, 1.807) is 19.1 Å². The second kappa shape index (κ2) is 6.41. The van der Waals surface area contributed by atoms with Gasteiger partial charge in [0.05, 0.1) is 10.0 Å². The fraction of sp³-hybridized carbons (Fsp3) is 0.462. The third kappa shape index (κ3) is 3.61. The van der Waals surface area contributed by atoms with E-state index in [4.69, 9.17) is 23.2 Å². The number of carboxylic acids is 1. The Morgan fingerprint density at radius 2 is 2.11 bits per heavy atom. The van der Waals surface area contributed by atoms with E-state index in [-0.39, 0.29) is 0 Å². The van der Waals surface area contributed by atoms with Crippen molar-refractivity contribution in [3.63, 3.8) is 0 Å². The van der Waals surface area contributed by atoms with Crippen LogP contribution in [0.3, 0.4) is 0 Å². The van der Waals surface area contributed by atoms with Crippen LogP contribution in [0, 0.1) is 0 Å². The number of hydrogen-bond acceptors (Lipinski definition) is 2. The maximum atomic E-state index is 11.3. The molecule has 0 saturated carbocycles. The number of carboxylic acid groups (broad SMARTS) is 1. The fourth-order valence-electron chi connectivity index (χ4n) is 1.75. The molecule has 18 heavy (non-hydrogen) atoms. The van der Waals surface area contributed by atoms with Gasteiger partial charge in [-0.25, -0.2) is 0 Å². The average molecular weight is 290 g/mol. The van der Waals surface area contributed by atoms with Crippen LogP contribution >= 0.6 is 23.2 Å². The van der Waals surface area contributed by atoms with Gasteiger partial charge in [-0.15, -0.1) is 0 Å². The maximum Gasteiger partial charge on any atom is 0.323 e. The molecule has 100 valence electrons. The second-order valence-corrected chi connectivity index (χ2v) is 5.24. The van der Waals surface area contributed by atoms with E-state index in [0.29, 0.717) is 23.0 Å². The first-order valence-corrected chi connectivity index (χ1v) is 6.57. The predicted octanol–water partition coefficient (Wildman–Crippen LogP) is 3.73. The lowest BCUT2D eigenvalue weighted by Crippen LogP contribution is -2.48. The Balaban J connectivity index is 2.79. The monoisotopic (exact) mass is 289 g/mol. The summed E-state index contributed by atoms with van der Waals surface area (Å²) < 4.78 is 0. The van der Waals surface area contributed by atoms with Crippen LogP contribution < -0.4 is 5.32 Å². The molecular formula is C13H17Cl2NO2. The molecule has 0 radical (unpaired) electrons. The number of hydrogen-bond donors (Lipinski definition) is 2. The Morgan fingerprint density at radius 3 is 2.67 bits per heavy atom. The highest BCUT2D eigenvalue weighted by atomic mass is 35.5. The lowest BCUT2D eigenvalue weighted by atomic mass is 9.96. The number of nitrogens with one attached hydrogen (secondary N) is 1. The molecule has 0 aliphatic carbocycles. The summed E-state index contributed by atoms with van der Waals surface area (Å²) >= 11 is 12.0. The van der Waals surface area contributed by atoms with Crippen LogP contribution in [0.25, 0.3) is 0 Å². The zero-order chi connectivity index (χ0) is 13.8. The van der Waals surface area contributed by atoms with Crippen molar-refractivity contribution >= 4 is 29.2 Å². The topological polar surface area (TPSA) is 49.3 Å². The SMILES string of the molecule is CCCC(C)(NCc1cccc(Cl)c1Cl)C(=O)O. The van der Waals surface area contributed by atoms with Crippen molar-refractivity contribution in [2.75, 3.05) is 0 Å². The molecule has 1 aromatic rings. The Hall–Kier alpha value is -0.770. The maximum absolute atomic E-state index is 11.3. The molecule has 0 spiro atoms. The summed E-state index contributed by atoms with van der Waals surface area (Å²) in [6.45, 7) is 4.01. The van der Waals surface area contributed by atoms with Crippen LogP contribution in [-0.2, 0) is 11.3 Å². The minimum absolute atomic E-state index is 0.377. The normalized spacial score (nSPS) is 14.2. The Kier molecular flexibility index (Phi) is 5.45. The van der Waals surface area contributed by atoms with Gasteiger partial charge < -0.3 is 5.11 Å². The van der Waals surface area contributed by atoms with Crippen LogP contribution in [0.5, 0.6) is 0 Å². The number of rotatable bonds is 6. The van der Waals surface area contributed by atoms with Crippen LogP contribution in [0.15, 0.2) is 18.2 Å². The molecule has 0 saturated heterocycles. The van der Waals surface area contributed by atoms with E-state index in [1.165, 1.54) is 0 Å². The highest BCUT2D eigenvalue weighted by Crippen LogP contribution is 2.26. The molecule has 1 rings (SSSR count). The van der Waals surface area contributed by atoms with Crippen LogP contribution in [0.1, 0.15) is 32.3 Å². The van der Waals surface area contributed by atoms with Crippen molar-refractivity contribution in [2.45, 2.75) is 38.8 Å². The number of carbonyl (C=O) groups is 1. The summed E-state index contributed by atoms with van der Waals surface area (Å²) in [5.41, 5.74) is -0.145. The molecule has 0 aliphatic rings. The van der Waals surface area contributed by atoms with Crippen LogP contribution in [-0.4, -0.2) is 16.6 Å². The molecule has 1 atom stereocenters. The lowest BCUT2D eigenvalue weighted by Gasteiger charge is -2.26. The van der Waals surface area contributed by atoms with Crippen LogP contribution in [0.2, 0.25) is 10.0 Å². The van der Waals surface area contributed by atoms with Crippen molar-refractivity contribution in [3.05, 3.63) is 33.8 Å². The van der Waals surface area contributed by atoms with Gasteiger partial charge in [0, 0.05) is 6.54 Å². The fourth-order valence-corrected chi connectivity index (χ4v) is 2.13. The van der Waals surface area contributed by atoms with E-state index in [1.807, 2.05) is 13.0 Å². The molecule has 0 aromatic heterocycles. The van der Waals surface area contributed by atoms with Gasteiger partial charge in [0.2, 0.25) is 0 Å². The summed E-state index contributed by atoms with van der Waals surface area (Å²) in [5.74, 6) is -0.859. The summed E-state index contributed by atoms with van der Waals surface area (Å²) in [4.78, 5) is 11.3. The summed E-state index contributed by atoms with van der Waals surface area (Å²) in [7, 11) is 0. The number of halogens is 2. The zero-order valence-electron chi connectivity index (χ0n) is 10.5. The Bertz CT molecular complexity index is 437. The quantitative estimate of drug-likeness (QED) is 0.839. The second-order valence-electron chi connectivity index (χ2n) is 4.45. The van der Waals surface area contributed by atoms with Crippen molar-refractivity contribution < 1.29 is 9.90 Å². The minimum Gasteiger partial charge on any atom is -0.480 e. The van der Waals surface area contributed by atoms with E-state index in [2.05, 4.69) is 5.32 Å². The van der Waals surface area contributed by atoms with Crippen molar-refractivity contribution in [3.8, 4) is 0 Å². The van der Waals surface area contributed by atoms with E-state index in [9.17, 15) is 9.90 Å². The minimum atomic E-state index is -0.944. The highest BCUT2D eigenvalue weighted by molar-refractivity contribution is 6.42. The summed E-state index contributed by atoms with van der Waals surface area (Å²) in [6.07, 6.45) is 1.35. The van der Waals surface area contributed by atoms with Gasteiger partial charge >= 0.3 is 5.97 Å². The molecule has 1 aromatic carbocycles. The predicted molar refractivity (Wildman–Crippen MR) is 74.3 cm³/mol. The number of aliphatic carboxylic acids is 1. The largest absolute Gasteiger partial charge is 0.480 e. The van der Waals surface area contributed by atoms with Gasteiger partial charge in [0.25, 0.3) is 0 Å². The third-order valence-corrected chi connectivity index (χ3v) is 3.78. The van der Waals surface area contributed by atoms with Gasteiger partial charge in [-0.1, -0.05) is 48.7 Å². The zero-order valence-corrected chi connectivity index (χ0v) is 12.0. The summed E-state index contributed by atoms with van der Waals surface area (Å²) in [5, 5.41) is 13.2. The Morgan fingerprint density at radius 1 is 1.44 bits per heavy atom. The molecular weight excluding hydrogens is 273 g/mol.